The first-order chi connectivity index (χ1) is 13.8. The number of carbonyl (C=O) groups is 1. The molecule has 4 heteroatoms. The molecule has 1 amide bonds. The van der Waals surface area contributed by atoms with Crippen molar-refractivity contribution in [2.75, 3.05) is 23.3 Å². The Morgan fingerprint density at radius 2 is 1.54 bits per heavy atom. The van der Waals surface area contributed by atoms with Gasteiger partial charge in [-0.25, -0.2) is 0 Å². The molecule has 28 heavy (non-hydrogen) atoms. The molecule has 3 aromatic rings. The van der Waals surface area contributed by atoms with Gasteiger partial charge in [-0.1, -0.05) is 54.6 Å². The number of hydrogen-bond acceptors (Lipinski definition) is 3. The van der Waals surface area contributed by atoms with Crippen molar-refractivity contribution in [2.24, 2.45) is 0 Å². The molecule has 4 rings (SSSR count). The molecule has 1 aliphatic rings. The van der Waals surface area contributed by atoms with Crippen molar-refractivity contribution in [3.63, 3.8) is 0 Å². The zero-order valence-electron chi connectivity index (χ0n) is 15.8. The third-order valence-corrected chi connectivity index (χ3v) is 6.19. The van der Waals surface area contributed by atoms with E-state index in [1.165, 1.54) is 18.5 Å². The first kappa shape index (κ1) is 18.6. The monoisotopic (exact) mass is 388 g/mol. The summed E-state index contributed by atoms with van der Waals surface area (Å²) in [5.41, 5.74) is 3.04. The molecule has 0 saturated carbocycles. The molecule has 1 unspecified atom stereocenters. The first-order valence-electron chi connectivity index (χ1n) is 9.72. The Bertz CT molecular complexity index is 908. The second-order valence-electron chi connectivity index (χ2n) is 6.96. The summed E-state index contributed by atoms with van der Waals surface area (Å²) in [6, 6.07) is 28.2. The Balaban J connectivity index is 1.55. The Labute approximate surface area is 170 Å². The van der Waals surface area contributed by atoms with Gasteiger partial charge in [-0.05, 0) is 48.7 Å². The van der Waals surface area contributed by atoms with Crippen molar-refractivity contribution in [3.8, 4) is 0 Å². The molecule has 0 bridgehead atoms. The number of rotatable bonds is 6. The maximum absolute atomic E-state index is 13.2. The van der Waals surface area contributed by atoms with E-state index in [-0.39, 0.29) is 11.2 Å². The highest BCUT2D eigenvalue weighted by Crippen LogP contribution is 2.36. The minimum absolute atomic E-state index is 0.00127. The second kappa shape index (κ2) is 8.98. The van der Waals surface area contributed by atoms with E-state index in [0.717, 1.165) is 29.2 Å². The number of hydrogen-bond donors (Lipinski definition) is 1. The predicted octanol–water partition coefficient (Wildman–Crippen LogP) is 5.76. The van der Waals surface area contributed by atoms with Crippen LogP contribution in [0.1, 0.15) is 23.7 Å². The molecule has 1 atom stereocenters. The van der Waals surface area contributed by atoms with E-state index < -0.39 is 0 Å². The molecule has 0 radical (unpaired) electrons. The van der Waals surface area contributed by atoms with Gasteiger partial charge in [0, 0.05) is 29.4 Å². The van der Waals surface area contributed by atoms with Gasteiger partial charge in [-0.3, -0.25) is 4.79 Å². The van der Waals surface area contributed by atoms with Crippen LogP contribution in [0.25, 0.3) is 0 Å². The Morgan fingerprint density at radius 3 is 2.25 bits per heavy atom. The SMILES string of the molecule is O=C(Nc1cccc(N2CCCC2)c1)C(Sc1ccccc1)c1ccccc1. The highest BCUT2D eigenvalue weighted by Gasteiger charge is 2.22. The van der Waals surface area contributed by atoms with E-state index in [9.17, 15) is 4.79 Å². The van der Waals surface area contributed by atoms with Crippen molar-refractivity contribution >= 4 is 29.0 Å². The minimum Gasteiger partial charge on any atom is -0.371 e. The fourth-order valence-corrected chi connectivity index (χ4v) is 4.55. The average Bonchev–Trinajstić information content (AvgIpc) is 3.28. The van der Waals surface area contributed by atoms with Gasteiger partial charge in [0.15, 0.2) is 0 Å². The molecule has 142 valence electrons. The summed E-state index contributed by atoms with van der Waals surface area (Å²) in [5, 5.41) is 2.83. The first-order valence-corrected chi connectivity index (χ1v) is 10.6. The quantitative estimate of drug-likeness (QED) is 0.545. The summed E-state index contributed by atoms with van der Waals surface area (Å²) in [4.78, 5) is 16.7. The second-order valence-corrected chi connectivity index (χ2v) is 8.13. The van der Waals surface area contributed by atoms with E-state index in [1.54, 1.807) is 11.8 Å². The zero-order chi connectivity index (χ0) is 19.2. The van der Waals surface area contributed by atoms with Crippen LogP contribution < -0.4 is 10.2 Å². The minimum atomic E-state index is -0.306. The zero-order valence-corrected chi connectivity index (χ0v) is 16.6. The summed E-state index contributed by atoms with van der Waals surface area (Å²) in [5.74, 6) is -0.00127. The van der Waals surface area contributed by atoms with Crippen LogP contribution in [-0.4, -0.2) is 19.0 Å². The van der Waals surface area contributed by atoms with Crippen LogP contribution in [0.15, 0.2) is 89.8 Å². The third kappa shape index (κ3) is 4.57. The number of benzene rings is 3. The van der Waals surface area contributed by atoms with Crippen LogP contribution in [-0.2, 0) is 4.79 Å². The molecule has 1 aliphatic heterocycles. The molecular formula is C24H24N2OS. The van der Waals surface area contributed by atoms with Gasteiger partial charge >= 0.3 is 0 Å². The highest BCUT2D eigenvalue weighted by molar-refractivity contribution is 8.00. The van der Waals surface area contributed by atoms with E-state index in [1.807, 2.05) is 72.8 Å². The van der Waals surface area contributed by atoms with Gasteiger partial charge in [0.05, 0.1) is 0 Å². The highest BCUT2D eigenvalue weighted by atomic mass is 32.2. The number of carbonyl (C=O) groups excluding carboxylic acids is 1. The molecule has 3 nitrogen and oxygen atoms in total. The summed E-state index contributed by atoms with van der Waals surface area (Å²) < 4.78 is 0. The van der Waals surface area contributed by atoms with Gasteiger partial charge < -0.3 is 10.2 Å². The van der Waals surface area contributed by atoms with E-state index >= 15 is 0 Å². The number of anilines is 2. The molecule has 0 spiro atoms. The lowest BCUT2D eigenvalue weighted by molar-refractivity contribution is -0.115. The maximum atomic E-state index is 13.2. The van der Waals surface area contributed by atoms with Crippen LogP contribution >= 0.6 is 11.8 Å². The molecule has 1 fully saturated rings. The van der Waals surface area contributed by atoms with Crippen molar-refractivity contribution in [1.29, 1.82) is 0 Å². The fraction of sp³-hybridized carbons (Fsp3) is 0.208. The fourth-order valence-electron chi connectivity index (χ4n) is 3.50. The van der Waals surface area contributed by atoms with Crippen LogP contribution in [0.2, 0.25) is 0 Å². The summed E-state index contributed by atoms with van der Waals surface area (Å²) >= 11 is 1.58. The van der Waals surface area contributed by atoms with Crippen molar-refractivity contribution < 1.29 is 4.79 Å². The van der Waals surface area contributed by atoms with E-state index in [4.69, 9.17) is 0 Å². The molecule has 1 heterocycles. The number of nitrogens with zero attached hydrogens (tertiary/aromatic N) is 1. The van der Waals surface area contributed by atoms with Gasteiger partial charge in [0.2, 0.25) is 5.91 Å². The maximum Gasteiger partial charge on any atom is 0.242 e. The largest absolute Gasteiger partial charge is 0.371 e. The lowest BCUT2D eigenvalue weighted by Gasteiger charge is -2.20. The van der Waals surface area contributed by atoms with Crippen LogP contribution in [0, 0.1) is 0 Å². The molecule has 0 aromatic heterocycles. The van der Waals surface area contributed by atoms with Gasteiger partial charge in [-0.2, -0.15) is 0 Å². The van der Waals surface area contributed by atoms with Crippen molar-refractivity contribution in [3.05, 3.63) is 90.5 Å². The summed E-state index contributed by atoms with van der Waals surface area (Å²) in [6.45, 7) is 2.18. The normalized spacial score (nSPS) is 14.6. The van der Waals surface area contributed by atoms with Crippen LogP contribution in [0.5, 0.6) is 0 Å². The molecular weight excluding hydrogens is 364 g/mol. The molecule has 1 saturated heterocycles. The molecule has 1 N–H and O–H groups in total. The van der Waals surface area contributed by atoms with E-state index in [2.05, 4.69) is 22.3 Å². The van der Waals surface area contributed by atoms with E-state index in [0.29, 0.717) is 0 Å². The lowest BCUT2D eigenvalue weighted by Crippen LogP contribution is -2.20. The smallest absolute Gasteiger partial charge is 0.242 e. The lowest BCUT2D eigenvalue weighted by atomic mass is 10.1. The average molecular weight is 389 g/mol. The van der Waals surface area contributed by atoms with Crippen molar-refractivity contribution in [1.82, 2.24) is 0 Å². The van der Waals surface area contributed by atoms with Gasteiger partial charge in [0.25, 0.3) is 0 Å². The van der Waals surface area contributed by atoms with Gasteiger partial charge in [0.1, 0.15) is 5.25 Å². The number of amides is 1. The predicted molar refractivity (Wildman–Crippen MR) is 118 cm³/mol. The topological polar surface area (TPSA) is 32.3 Å². The summed E-state index contributed by atoms with van der Waals surface area (Å²) in [6.07, 6.45) is 2.47. The number of thioether (sulfide) groups is 1. The summed E-state index contributed by atoms with van der Waals surface area (Å²) in [7, 11) is 0. The molecule has 3 aromatic carbocycles. The number of nitrogens with one attached hydrogen (secondary N) is 1. The van der Waals surface area contributed by atoms with Crippen molar-refractivity contribution in [2.45, 2.75) is 23.0 Å². The Kier molecular flexibility index (Phi) is 5.98. The third-order valence-electron chi connectivity index (χ3n) is 4.92. The standard InChI is InChI=1S/C24H24N2OS/c27-24(25-20-12-9-13-21(18-20)26-16-7-8-17-26)23(19-10-3-1-4-11-19)28-22-14-5-2-6-15-22/h1-6,9-15,18,23H,7-8,16-17H2,(H,25,27). The van der Waals surface area contributed by atoms with Gasteiger partial charge in [-0.15, -0.1) is 11.8 Å². The Hall–Kier alpha value is -2.72. The Morgan fingerprint density at radius 1 is 0.857 bits per heavy atom. The van der Waals surface area contributed by atoms with Crippen LogP contribution in [0.3, 0.4) is 0 Å². The molecule has 0 aliphatic carbocycles. The van der Waals surface area contributed by atoms with Crippen LogP contribution in [0.4, 0.5) is 11.4 Å².